The highest BCUT2D eigenvalue weighted by Gasteiger charge is 2.10. The molecule has 3 heteroatoms. The number of nitrogens with zero attached hydrogens (tertiary/aromatic N) is 1. The molecule has 0 saturated carbocycles. The Kier molecular flexibility index (Phi) is 2.86. The van der Waals surface area contributed by atoms with Crippen LogP contribution in [-0.4, -0.2) is 17.9 Å². The number of pyridine rings is 1. The highest BCUT2D eigenvalue weighted by atomic mass is 16.1. The van der Waals surface area contributed by atoms with Crippen LogP contribution in [0, 0.1) is 0 Å². The van der Waals surface area contributed by atoms with Gasteiger partial charge in [0.15, 0.2) is 0 Å². The second kappa shape index (κ2) is 4.31. The number of benzene rings is 1. The van der Waals surface area contributed by atoms with Gasteiger partial charge in [-0.25, -0.2) is 0 Å². The highest BCUT2D eigenvalue weighted by molar-refractivity contribution is 6.05. The Morgan fingerprint density at radius 1 is 1.44 bits per heavy atom. The fourth-order valence-corrected chi connectivity index (χ4v) is 1.77. The Labute approximate surface area is 94.5 Å². The van der Waals surface area contributed by atoms with Gasteiger partial charge in [0.05, 0.1) is 11.1 Å². The van der Waals surface area contributed by atoms with Crippen LogP contribution in [0.25, 0.3) is 10.9 Å². The first-order chi connectivity index (χ1) is 7.76. The number of hydrogen-bond acceptors (Lipinski definition) is 2. The summed E-state index contributed by atoms with van der Waals surface area (Å²) < 4.78 is 0. The van der Waals surface area contributed by atoms with E-state index in [2.05, 4.69) is 23.3 Å². The van der Waals surface area contributed by atoms with Crippen molar-refractivity contribution in [2.75, 3.05) is 7.05 Å². The van der Waals surface area contributed by atoms with Crippen molar-refractivity contribution in [3.05, 3.63) is 41.6 Å². The Morgan fingerprint density at radius 3 is 2.94 bits per heavy atom. The third-order valence-electron chi connectivity index (χ3n) is 2.64. The van der Waals surface area contributed by atoms with E-state index in [0.29, 0.717) is 5.56 Å². The van der Waals surface area contributed by atoms with Crippen molar-refractivity contribution < 1.29 is 4.79 Å². The van der Waals surface area contributed by atoms with Gasteiger partial charge in [0.1, 0.15) is 0 Å². The van der Waals surface area contributed by atoms with E-state index in [1.807, 2.05) is 18.2 Å². The van der Waals surface area contributed by atoms with Gasteiger partial charge in [-0.3, -0.25) is 9.78 Å². The molecule has 0 unspecified atom stereocenters. The van der Waals surface area contributed by atoms with Crippen LogP contribution in [0.15, 0.2) is 30.5 Å². The summed E-state index contributed by atoms with van der Waals surface area (Å²) in [4.78, 5) is 16.0. The molecular weight excluding hydrogens is 200 g/mol. The van der Waals surface area contributed by atoms with E-state index in [4.69, 9.17) is 0 Å². The lowest BCUT2D eigenvalue weighted by Gasteiger charge is -2.07. The molecule has 16 heavy (non-hydrogen) atoms. The molecule has 2 aromatic rings. The molecule has 0 saturated heterocycles. The number of carbonyl (C=O) groups is 1. The molecule has 1 aromatic heterocycles. The molecule has 3 nitrogen and oxygen atoms in total. The lowest BCUT2D eigenvalue weighted by atomic mass is 10.0. The predicted octanol–water partition coefficient (Wildman–Crippen LogP) is 2.16. The van der Waals surface area contributed by atoms with E-state index < -0.39 is 0 Å². The molecule has 1 heterocycles. The third-order valence-corrected chi connectivity index (χ3v) is 2.64. The van der Waals surface area contributed by atoms with E-state index in [-0.39, 0.29) is 5.91 Å². The summed E-state index contributed by atoms with van der Waals surface area (Å²) in [5.74, 6) is -0.0843. The number of fused-ring (bicyclic) bond motifs is 1. The van der Waals surface area contributed by atoms with Gasteiger partial charge in [-0.2, -0.15) is 0 Å². The van der Waals surface area contributed by atoms with E-state index in [1.165, 1.54) is 0 Å². The summed E-state index contributed by atoms with van der Waals surface area (Å²) >= 11 is 0. The zero-order valence-corrected chi connectivity index (χ0v) is 9.45. The monoisotopic (exact) mass is 214 g/mol. The number of nitrogens with one attached hydrogen (secondary N) is 1. The smallest absolute Gasteiger partial charge is 0.253 e. The fourth-order valence-electron chi connectivity index (χ4n) is 1.77. The van der Waals surface area contributed by atoms with Gasteiger partial charge in [0.25, 0.3) is 5.91 Å². The number of amides is 1. The SMILES string of the molecule is CCc1cc(C(=O)NC)c2ncccc2c1. The van der Waals surface area contributed by atoms with Gasteiger partial charge in [-0.05, 0) is 30.2 Å². The third kappa shape index (κ3) is 1.76. The summed E-state index contributed by atoms with van der Waals surface area (Å²) in [6, 6.07) is 7.85. The maximum absolute atomic E-state index is 11.7. The van der Waals surface area contributed by atoms with Crippen LogP contribution < -0.4 is 5.32 Å². The van der Waals surface area contributed by atoms with Crippen molar-refractivity contribution >= 4 is 16.8 Å². The van der Waals surface area contributed by atoms with Gasteiger partial charge < -0.3 is 5.32 Å². The average molecular weight is 214 g/mol. The molecule has 0 atom stereocenters. The van der Waals surface area contributed by atoms with Crippen LogP contribution in [0.3, 0.4) is 0 Å². The topological polar surface area (TPSA) is 42.0 Å². The average Bonchev–Trinajstić information content (AvgIpc) is 2.36. The second-order valence-corrected chi connectivity index (χ2v) is 3.65. The van der Waals surface area contributed by atoms with E-state index >= 15 is 0 Å². The first-order valence-electron chi connectivity index (χ1n) is 5.36. The minimum atomic E-state index is -0.0843. The summed E-state index contributed by atoms with van der Waals surface area (Å²) in [7, 11) is 1.63. The molecule has 1 aromatic carbocycles. The van der Waals surface area contributed by atoms with Crippen LogP contribution in [-0.2, 0) is 6.42 Å². The van der Waals surface area contributed by atoms with Crippen molar-refractivity contribution in [3.8, 4) is 0 Å². The van der Waals surface area contributed by atoms with Gasteiger partial charge in [-0.1, -0.05) is 13.0 Å². The van der Waals surface area contributed by atoms with Crippen LogP contribution in [0.5, 0.6) is 0 Å². The molecule has 0 aliphatic heterocycles. The summed E-state index contributed by atoms with van der Waals surface area (Å²) in [6.45, 7) is 2.07. The van der Waals surface area contributed by atoms with Crippen LogP contribution in [0.4, 0.5) is 0 Å². The molecule has 1 amide bonds. The fraction of sp³-hybridized carbons (Fsp3) is 0.231. The van der Waals surface area contributed by atoms with Gasteiger partial charge in [0, 0.05) is 18.6 Å². The summed E-state index contributed by atoms with van der Waals surface area (Å²) in [5, 5.41) is 3.66. The van der Waals surface area contributed by atoms with Crippen LogP contribution >= 0.6 is 0 Å². The van der Waals surface area contributed by atoms with E-state index in [0.717, 1.165) is 22.9 Å². The molecule has 0 aliphatic rings. The first kappa shape index (κ1) is 10.6. The highest BCUT2D eigenvalue weighted by Crippen LogP contribution is 2.19. The molecule has 0 spiro atoms. The summed E-state index contributed by atoms with van der Waals surface area (Å²) in [5.41, 5.74) is 2.57. The van der Waals surface area contributed by atoms with Crippen LogP contribution in [0.2, 0.25) is 0 Å². The van der Waals surface area contributed by atoms with E-state index in [1.54, 1.807) is 13.2 Å². The second-order valence-electron chi connectivity index (χ2n) is 3.65. The maximum atomic E-state index is 11.7. The Bertz CT molecular complexity index is 534. The molecule has 0 radical (unpaired) electrons. The minimum Gasteiger partial charge on any atom is -0.355 e. The maximum Gasteiger partial charge on any atom is 0.253 e. The minimum absolute atomic E-state index is 0.0843. The predicted molar refractivity (Wildman–Crippen MR) is 64.5 cm³/mol. The number of aromatic nitrogens is 1. The van der Waals surface area contributed by atoms with E-state index in [9.17, 15) is 4.79 Å². The number of aryl methyl sites for hydroxylation is 1. The zero-order valence-electron chi connectivity index (χ0n) is 9.45. The quantitative estimate of drug-likeness (QED) is 0.832. The molecule has 1 N–H and O–H groups in total. The van der Waals surface area contributed by atoms with Gasteiger partial charge in [0.2, 0.25) is 0 Å². The van der Waals surface area contributed by atoms with Gasteiger partial charge in [-0.15, -0.1) is 0 Å². The Balaban J connectivity index is 2.73. The molecule has 0 aliphatic carbocycles. The van der Waals surface area contributed by atoms with Crippen molar-refractivity contribution in [2.45, 2.75) is 13.3 Å². The number of rotatable bonds is 2. The Hall–Kier alpha value is -1.90. The largest absolute Gasteiger partial charge is 0.355 e. The molecule has 0 bridgehead atoms. The molecular formula is C13H14N2O. The van der Waals surface area contributed by atoms with Crippen molar-refractivity contribution in [1.82, 2.24) is 10.3 Å². The molecule has 0 fully saturated rings. The number of hydrogen-bond donors (Lipinski definition) is 1. The normalized spacial score (nSPS) is 10.4. The standard InChI is InChI=1S/C13H14N2O/c1-3-9-7-10-5-4-6-15-12(10)11(8-9)13(16)14-2/h4-8H,3H2,1-2H3,(H,14,16). The Morgan fingerprint density at radius 2 is 2.25 bits per heavy atom. The number of carbonyl (C=O) groups excluding carboxylic acids is 1. The zero-order chi connectivity index (χ0) is 11.5. The molecule has 2 rings (SSSR count). The summed E-state index contributed by atoms with van der Waals surface area (Å²) in [6.07, 6.45) is 2.62. The first-order valence-corrected chi connectivity index (χ1v) is 5.36. The van der Waals surface area contributed by atoms with Crippen LogP contribution in [0.1, 0.15) is 22.8 Å². The van der Waals surface area contributed by atoms with Crippen molar-refractivity contribution in [3.63, 3.8) is 0 Å². The lowest BCUT2D eigenvalue weighted by Crippen LogP contribution is -2.18. The molecule has 82 valence electrons. The van der Waals surface area contributed by atoms with Gasteiger partial charge >= 0.3 is 0 Å². The van der Waals surface area contributed by atoms with Crippen molar-refractivity contribution in [1.29, 1.82) is 0 Å². The van der Waals surface area contributed by atoms with Crippen molar-refractivity contribution in [2.24, 2.45) is 0 Å². The lowest BCUT2D eigenvalue weighted by molar-refractivity contribution is 0.0964.